The highest BCUT2D eigenvalue weighted by atomic mass is 14.3. The Hall–Kier alpha value is -1.30. The fraction of sp³-hybridized carbons (Fsp3) is 0.500. The maximum atomic E-state index is 4.41. The van der Waals surface area contributed by atoms with Crippen LogP contribution in [-0.4, -0.2) is 0 Å². The van der Waals surface area contributed by atoms with Crippen LogP contribution in [0.1, 0.15) is 47.0 Å². The predicted molar refractivity (Wildman–Crippen MR) is 89.5 cm³/mol. The molecule has 0 amide bonds. The van der Waals surface area contributed by atoms with E-state index in [-0.39, 0.29) is 0 Å². The lowest BCUT2D eigenvalue weighted by molar-refractivity contribution is 0.338. The second-order valence-corrected chi connectivity index (χ2v) is 6.37. The van der Waals surface area contributed by atoms with Crippen LogP contribution in [0.2, 0.25) is 0 Å². The standard InChI is InChI=1S/C20H28/c1-6-14(2)18-12-9-13-20(16(18)4)17(5)19-11-8-7-10-15(19)3/h8-9,11-14,16,18H,5-7,10H2,1-4H3. The van der Waals surface area contributed by atoms with Crippen molar-refractivity contribution in [2.24, 2.45) is 17.8 Å². The van der Waals surface area contributed by atoms with Gasteiger partial charge >= 0.3 is 0 Å². The van der Waals surface area contributed by atoms with Gasteiger partial charge in [0.15, 0.2) is 0 Å². The molecule has 0 spiro atoms. The number of allylic oxidation sites excluding steroid dienone is 9. The molecule has 0 saturated carbocycles. The molecule has 0 aromatic carbocycles. The third-order valence-electron chi connectivity index (χ3n) is 5.08. The van der Waals surface area contributed by atoms with Crippen molar-refractivity contribution in [1.29, 1.82) is 0 Å². The van der Waals surface area contributed by atoms with Crippen LogP contribution in [0.3, 0.4) is 0 Å². The number of rotatable bonds is 4. The van der Waals surface area contributed by atoms with E-state index in [1.807, 2.05) is 0 Å². The molecule has 2 aliphatic rings. The largest absolute Gasteiger partial charge is 0.0909 e. The lowest BCUT2D eigenvalue weighted by Gasteiger charge is -2.32. The van der Waals surface area contributed by atoms with Gasteiger partial charge in [-0.2, -0.15) is 0 Å². The molecular weight excluding hydrogens is 240 g/mol. The molecule has 3 atom stereocenters. The zero-order valence-corrected chi connectivity index (χ0v) is 13.4. The Kier molecular flexibility index (Phi) is 4.86. The molecule has 0 nitrogen and oxygen atoms in total. The molecule has 0 radical (unpaired) electrons. The van der Waals surface area contributed by atoms with Crippen molar-refractivity contribution >= 4 is 0 Å². The summed E-state index contributed by atoms with van der Waals surface area (Å²) in [6, 6.07) is 0. The summed E-state index contributed by atoms with van der Waals surface area (Å²) in [7, 11) is 0. The summed E-state index contributed by atoms with van der Waals surface area (Å²) in [5.41, 5.74) is 5.52. The van der Waals surface area contributed by atoms with Gasteiger partial charge in [0, 0.05) is 0 Å². The maximum absolute atomic E-state index is 4.41. The van der Waals surface area contributed by atoms with Crippen LogP contribution in [0.4, 0.5) is 0 Å². The van der Waals surface area contributed by atoms with Crippen molar-refractivity contribution in [2.45, 2.75) is 47.0 Å². The van der Waals surface area contributed by atoms with Crippen LogP contribution in [0.25, 0.3) is 0 Å². The molecule has 0 aliphatic heterocycles. The highest BCUT2D eigenvalue weighted by Crippen LogP contribution is 2.39. The van der Waals surface area contributed by atoms with E-state index in [1.165, 1.54) is 41.6 Å². The Bertz CT molecular complexity index is 496. The molecule has 0 aromatic heterocycles. The molecule has 0 fully saturated rings. The fourth-order valence-corrected chi connectivity index (χ4v) is 3.43. The van der Waals surface area contributed by atoms with Gasteiger partial charge in [0.25, 0.3) is 0 Å². The molecule has 0 bridgehead atoms. The van der Waals surface area contributed by atoms with E-state index in [0.717, 1.165) is 5.92 Å². The molecule has 0 N–H and O–H groups in total. The van der Waals surface area contributed by atoms with Crippen LogP contribution in [-0.2, 0) is 0 Å². The third kappa shape index (κ3) is 2.90. The molecule has 0 aromatic rings. The minimum absolute atomic E-state index is 0.568. The van der Waals surface area contributed by atoms with E-state index < -0.39 is 0 Å². The van der Waals surface area contributed by atoms with E-state index in [2.05, 4.69) is 64.7 Å². The van der Waals surface area contributed by atoms with Gasteiger partial charge < -0.3 is 0 Å². The molecule has 2 rings (SSSR count). The van der Waals surface area contributed by atoms with Gasteiger partial charge in [-0.25, -0.2) is 0 Å². The minimum atomic E-state index is 0.568. The zero-order chi connectivity index (χ0) is 14.7. The molecule has 0 saturated heterocycles. The van der Waals surface area contributed by atoms with Crippen molar-refractivity contribution in [2.75, 3.05) is 0 Å². The van der Waals surface area contributed by atoms with Crippen LogP contribution >= 0.6 is 0 Å². The average Bonchev–Trinajstić information content (AvgIpc) is 2.46. The molecule has 3 unspecified atom stereocenters. The van der Waals surface area contributed by atoms with Crippen LogP contribution in [0, 0.1) is 17.8 Å². The van der Waals surface area contributed by atoms with E-state index >= 15 is 0 Å². The third-order valence-corrected chi connectivity index (χ3v) is 5.08. The molecule has 108 valence electrons. The normalized spacial score (nSPS) is 27.5. The first-order valence-electron chi connectivity index (χ1n) is 8.00. The SMILES string of the molecule is C=C(C1=CC=CC(C(C)CC)C1C)C1=C(C)CCC=C1. The lowest BCUT2D eigenvalue weighted by Crippen LogP contribution is -2.22. The highest BCUT2D eigenvalue weighted by Gasteiger charge is 2.27. The molecule has 20 heavy (non-hydrogen) atoms. The number of hydrogen-bond acceptors (Lipinski definition) is 0. The summed E-state index contributed by atoms with van der Waals surface area (Å²) in [4.78, 5) is 0. The first kappa shape index (κ1) is 15.1. The summed E-state index contributed by atoms with van der Waals surface area (Å²) in [6.07, 6.45) is 15.0. The van der Waals surface area contributed by atoms with Gasteiger partial charge in [0.2, 0.25) is 0 Å². The van der Waals surface area contributed by atoms with Crippen LogP contribution in [0.15, 0.2) is 59.3 Å². The van der Waals surface area contributed by atoms with Crippen molar-refractivity contribution in [1.82, 2.24) is 0 Å². The van der Waals surface area contributed by atoms with Gasteiger partial charge in [0.05, 0.1) is 0 Å². The van der Waals surface area contributed by atoms with E-state index in [4.69, 9.17) is 0 Å². The van der Waals surface area contributed by atoms with Gasteiger partial charge in [-0.05, 0) is 54.2 Å². The highest BCUT2D eigenvalue weighted by molar-refractivity contribution is 5.55. The first-order valence-corrected chi connectivity index (χ1v) is 8.00. The van der Waals surface area contributed by atoms with Crippen molar-refractivity contribution in [3.05, 3.63) is 59.3 Å². The molecule has 0 heterocycles. The van der Waals surface area contributed by atoms with E-state index in [9.17, 15) is 0 Å². The summed E-state index contributed by atoms with van der Waals surface area (Å²) >= 11 is 0. The quantitative estimate of drug-likeness (QED) is 0.586. The van der Waals surface area contributed by atoms with Gasteiger partial charge in [-0.3, -0.25) is 0 Å². The Morgan fingerprint density at radius 1 is 1.45 bits per heavy atom. The molecular formula is C20H28. The fourth-order valence-electron chi connectivity index (χ4n) is 3.43. The Labute approximate surface area is 124 Å². The summed E-state index contributed by atoms with van der Waals surface area (Å²) in [5, 5.41) is 0. The Morgan fingerprint density at radius 3 is 2.85 bits per heavy atom. The van der Waals surface area contributed by atoms with Crippen LogP contribution < -0.4 is 0 Å². The Balaban J connectivity index is 2.25. The van der Waals surface area contributed by atoms with E-state index in [1.54, 1.807) is 0 Å². The molecule has 2 aliphatic carbocycles. The maximum Gasteiger partial charge on any atom is -0.0119 e. The minimum Gasteiger partial charge on any atom is -0.0909 e. The summed E-state index contributed by atoms with van der Waals surface area (Å²) in [5.74, 6) is 1.94. The first-order chi connectivity index (χ1) is 9.56. The van der Waals surface area contributed by atoms with Gasteiger partial charge in [-0.15, -0.1) is 0 Å². The predicted octanol–water partition coefficient (Wildman–Crippen LogP) is 6.00. The van der Waals surface area contributed by atoms with Gasteiger partial charge in [-0.1, -0.05) is 69.7 Å². The van der Waals surface area contributed by atoms with Crippen molar-refractivity contribution in [3.8, 4) is 0 Å². The van der Waals surface area contributed by atoms with Crippen molar-refractivity contribution < 1.29 is 0 Å². The second kappa shape index (κ2) is 6.43. The van der Waals surface area contributed by atoms with Gasteiger partial charge in [0.1, 0.15) is 0 Å². The second-order valence-electron chi connectivity index (χ2n) is 6.37. The monoisotopic (exact) mass is 268 g/mol. The topological polar surface area (TPSA) is 0 Å². The smallest absolute Gasteiger partial charge is 0.0119 e. The lowest BCUT2D eigenvalue weighted by atomic mass is 9.72. The summed E-state index contributed by atoms with van der Waals surface area (Å²) in [6.45, 7) is 13.7. The van der Waals surface area contributed by atoms with E-state index in [0.29, 0.717) is 11.8 Å². The van der Waals surface area contributed by atoms with Crippen molar-refractivity contribution in [3.63, 3.8) is 0 Å². The molecule has 0 heteroatoms. The Morgan fingerprint density at radius 2 is 2.20 bits per heavy atom. The average molecular weight is 268 g/mol. The summed E-state index contributed by atoms with van der Waals surface area (Å²) < 4.78 is 0. The number of hydrogen-bond donors (Lipinski definition) is 0. The zero-order valence-electron chi connectivity index (χ0n) is 13.4. The van der Waals surface area contributed by atoms with Crippen LogP contribution in [0.5, 0.6) is 0 Å².